The zero-order valence-electron chi connectivity index (χ0n) is 70.4. The van der Waals surface area contributed by atoms with E-state index in [-0.39, 0.29) is 48.1 Å². The van der Waals surface area contributed by atoms with E-state index < -0.39 is 125 Å². The number of hydrogen-bond donors (Lipinski definition) is 10. The summed E-state index contributed by atoms with van der Waals surface area (Å²) in [6.07, 6.45) is 4.29. The van der Waals surface area contributed by atoms with Gasteiger partial charge in [0.25, 0.3) is 6.57 Å². The molecule has 125 heavy (non-hydrogen) atoms. The largest absolute Gasteiger partial charge is 0.432 e. The molecule has 672 valence electrons. The van der Waals surface area contributed by atoms with E-state index in [0.29, 0.717) is 31.6 Å². The van der Waals surface area contributed by atoms with Gasteiger partial charge in [-0.05, 0) is 122 Å². The van der Waals surface area contributed by atoms with Crippen LogP contribution in [0.3, 0.4) is 0 Å². The van der Waals surface area contributed by atoms with Crippen LogP contribution < -0.4 is 55.1 Å². The number of ketones is 1. The summed E-state index contributed by atoms with van der Waals surface area (Å²) < 4.78 is 81.1. The normalized spacial score (nSPS) is 19.9. The van der Waals surface area contributed by atoms with Crippen molar-refractivity contribution in [2.45, 2.75) is 146 Å². The summed E-state index contributed by atoms with van der Waals surface area (Å²) in [5, 5.41) is 11.2. The fourth-order valence-electron chi connectivity index (χ4n) is 14.3. The minimum atomic E-state index is -4.47. The number of nitrogens with two attached hydrogens (primary N) is 4. The number of primary amides is 1. The van der Waals surface area contributed by atoms with Gasteiger partial charge in [-0.25, -0.2) is 18.7 Å². The highest BCUT2D eigenvalue weighted by Gasteiger charge is 2.42. The summed E-state index contributed by atoms with van der Waals surface area (Å²) >= 11 is 8.52. The topological polar surface area (TPSA) is 456 Å². The molecule has 0 bridgehead atoms. The Morgan fingerprint density at radius 1 is 0.576 bits per heavy atom. The van der Waals surface area contributed by atoms with Gasteiger partial charge in [0.15, 0.2) is 37.5 Å². The molecule has 13 rings (SSSR count). The van der Waals surface area contributed by atoms with Crippen molar-refractivity contribution in [1.29, 1.82) is 0 Å². The van der Waals surface area contributed by atoms with Crippen LogP contribution in [0.4, 0.5) is 11.6 Å². The van der Waals surface area contributed by atoms with Crippen LogP contribution in [0.15, 0.2) is 246 Å². The van der Waals surface area contributed by atoms with Crippen molar-refractivity contribution in [2.75, 3.05) is 68.8 Å². The molecule has 2 aromatic heterocycles. The quantitative estimate of drug-likeness (QED) is 0.0165. The van der Waals surface area contributed by atoms with Crippen molar-refractivity contribution >= 4 is 97.9 Å². The number of hydrogen-bond acceptors (Lipinski definition) is 26. The average molecular weight is 1850 g/mol. The number of carbonyl (C=O) groups is 4. The van der Waals surface area contributed by atoms with Gasteiger partial charge in [-0.3, -0.25) is 62.7 Å². The number of aromatic nitrogens is 4. The minimum absolute atomic E-state index is 0.00144. The average Bonchev–Trinajstić information content (AvgIpc) is 0.967. The van der Waals surface area contributed by atoms with E-state index in [9.17, 15) is 52.2 Å². The van der Waals surface area contributed by atoms with Crippen molar-refractivity contribution in [1.82, 2.24) is 39.9 Å². The number of ether oxygens (including phenoxy) is 4. The molecule has 4 aliphatic heterocycles. The standard InChI is InChI=1S/C27H30NO3PS.C24H26N2O.C23H33N4O7P.C11H18N5O7P.C2H4ClOPS/c1-22(26(29)21-32(30)31-17-18-33-32)28-27(25-15-9-4-10-16-25,19-23-11-5-2-6-12-23)20-24-13-7-3-8-14-24;1-19(23(25)27)26-24(22-15-9-4-10-16-22,17-20-11-5-2-6-12-20)18-21-13-7-3-8-14-21;1-4-23(5-2,17-9-7-6-8-10-17)13-16(3)21(28)26-35(30,31)33-15-20-32-14-19(34-20)27-12-11-18(24)25-22(27)29;1-6(12)10(17)15-24(19,20)22-5-9-21-4-8(23-9)16-3-2-7(13)14-11(16)18;3-5-4-1-2-6-5/h2-16,22,28H,17-21H2,1H3;2-16,19,26H,17-18H2,1H3,(H2,25,27);6-12,16,19-20H,4-5,13-15H2,1-3H3,(H2,24,25,29)(H2,26,28,30,31);2-3,6,8-9H,4-5,12H2,1H3,(H2,13,14,18)(H2,15,17,19,20);1-2H2/t22-,32?;19-;16-,19+,20+;6-,8-,9-;/m0010./s1. The van der Waals surface area contributed by atoms with Gasteiger partial charge in [-0.1, -0.05) is 267 Å². The Morgan fingerprint density at radius 3 is 1.28 bits per heavy atom. The van der Waals surface area contributed by atoms with E-state index in [1.165, 1.54) is 69.7 Å². The fraction of sp³-hybridized carbons (Fsp3) is 0.379. The summed E-state index contributed by atoms with van der Waals surface area (Å²) in [6.45, 7) is 7.87. The van der Waals surface area contributed by atoms with Crippen molar-refractivity contribution in [3.05, 3.63) is 297 Å². The molecule has 3 amide bonds. The summed E-state index contributed by atoms with van der Waals surface area (Å²) in [5.41, 5.74) is 27.5. The summed E-state index contributed by atoms with van der Waals surface area (Å²) in [4.78, 5) is 99.6. The second kappa shape index (κ2) is 48.7. The third-order valence-electron chi connectivity index (χ3n) is 20.8. The predicted octanol–water partition coefficient (Wildman–Crippen LogP) is 12.9. The van der Waals surface area contributed by atoms with Crippen molar-refractivity contribution in [3.63, 3.8) is 0 Å². The highest BCUT2D eigenvalue weighted by atomic mass is 35.7. The first kappa shape index (κ1) is 100. The lowest BCUT2D eigenvalue weighted by Gasteiger charge is -2.38. The number of rotatable bonds is 35. The maximum absolute atomic E-state index is 13.2. The highest BCUT2D eigenvalue weighted by Crippen LogP contribution is 2.63. The van der Waals surface area contributed by atoms with E-state index in [1.807, 2.05) is 153 Å². The first-order valence-electron chi connectivity index (χ1n) is 40.6. The SMILES string of the molecule is CCC(CC)(C[C@@H](C)C(=O)NP(=O)(O)OC[C@H]1OC[C@@H](n2ccc(N)nc2=O)O1)c1ccccc1.C[C@H](N)C(=O)NP(=O)(O)OC[C@H]1OC[C@@H](n2ccc(N)nc2=O)O1.C[C@H](NC(Cc1ccccc1)(Cc1ccccc1)c1ccccc1)C(=O)CP1(=O)OCCS1.C[C@H](NC(Cc1ccccc1)(Cc1ccccc1)c1ccccc1)C(N)=O.ClP1OCCS1. The lowest BCUT2D eigenvalue weighted by atomic mass is 9.70. The molecule has 4 aliphatic rings. The smallest absolute Gasteiger partial charge is 0.383 e. The van der Waals surface area contributed by atoms with Gasteiger partial charge in [-0.2, -0.15) is 9.97 Å². The number of halogens is 1. The zero-order chi connectivity index (χ0) is 90.2. The molecule has 7 aromatic carbocycles. The second-order valence-corrected chi connectivity index (χ2v) is 42.7. The molecule has 4 fully saturated rings. The maximum atomic E-state index is 13.2. The van der Waals surface area contributed by atoms with E-state index in [2.05, 4.69) is 112 Å². The molecule has 0 spiro atoms. The van der Waals surface area contributed by atoms with Gasteiger partial charge in [0.2, 0.25) is 17.7 Å². The van der Waals surface area contributed by atoms with Gasteiger partial charge in [0.1, 0.15) is 24.8 Å². The minimum Gasteiger partial charge on any atom is -0.383 e. The second-order valence-electron chi connectivity index (χ2n) is 30.1. The third kappa shape index (κ3) is 31.5. The number of nitrogen functional groups attached to an aromatic ring is 2. The summed E-state index contributed by atoms with van der Waals surface area (Å²) in [5.74, 6) is -0.471. The Balaban J connectivity index is 0.000000186. The molecular formula is C87H111ClN12O19P4S2. The molecule has 31 nitrogen and oxygen atoms in total. The number of nitrogens with one attached hydrogen (secondary N) is 4. The molecule has 0 aliphatic carbocycles. The predicted molar refractivity (Wildman–Crippen MR) is 488 cm³/mol. The number of amides is 3. The molecule has 9 aromatic rings. The first-order chi connectivity index (χ1) is 59.7. The Kier molecular flexibility index (Phi) is 39.1. The molecule has 0 radical (unpaired) electrons. The number of Topliss-reactive ketones (excluding diaryl/α,β-unsaturated/α-hetero) is 1. The van der Waals surface area contributed by atoms with Crippen LogP contribution in [-0.4, -0.2) is 140 Å². The molecule has 12 atom stereocenters. The summed E-state index contributed by atoms with van der Waals surface area (Å²) in [6, 6.07) is 73.0. The van der Waals surface area contributed by atoms with Crippen LogP contribution in [0.1, 0.15) is 112 Å². The van der Waals surface area contributed by atoms with Gasteiger partial charge >= 0.3 is 26.9 Å². The molecule has 4 saturated heterocycles. The van der Waals surface area contributed by atoms with Gasteiger partial charge in [-0.15, -0.1) is 0 Å². The van der Waals surface area contributed by atoms with Crippen LogP contribution in [0.5, 0.6) is 0 Å². The lowest BCUT2D eigenvalue weighted by Crippen LogP contribution is -2.54. The molecule has 38 heteroatoms. The van der Waals surface area contributed by atoms with Gasteiger partial charge in [0.05, 0.1) is 61.8 Å². The van der Waals surface area contributed by atoms with Gasteiger partial charge < -0.3 is 60.7 Å². The van der Waals surface area contributed by atoms with Crippen LogP contribution in [0.2, 0.25) is 0 Å². The van der Waals surface area contributed by atoms with Crippen LogP contribution in [-0.2, 0) is 112 Å². The Labute approximate surface area is 742 Å². The highest BCUT2D eigenvalue weighted by molar-refractivity contribution is 8.61. The van der Waals surface area contributed by atoms with Crippen molar-refractivity contribution in [2.24, 2.45) is 17.4 Å². The summed E-state index contributed by atoms with van der Waals surface area (Å²) in [7, 11) is -8.87. The molecule has 4 unspecified atom stereocenters. The van der Waals surface area contributed by atoms with E-state index in [0.717, 1.165) is 59.3 Å². The van der Waals surface area contributed by atoms with Gasteiger partial charge in [0, 0.05) is 29.8 Å². The van der Waals surface area contributed by atoms with E-state index >= 15 is 0 Å². The number of carbonyl (C=O) groups excluding carboxylic acids is 4. The third-order valence-corrected chi connectivity index (χ3v) is 30.8. The number of nitrogens with zero attached hydrogens (tertiary/aromatic N) is 4. The maximum Gasteiger partial charge on any atom is 0.432 e. The molecule has 6 heterocycles. The van der Waals surface area contributed by atoms with Crippen LogP contribution in [0.25, 0.3) is 0 Å². The molecule has 14 N–H and O–H groups in total. The van der Waals surface area contributed by atoms with Crippen LogP contribution in [0, 0.1) is 5.92 Å². The monoisotopic (exact) mass is 1850 g/mol. The Morgan fingerprint density at radius 2 is 0.952 bits per heavy atom. The fourth-order valence-corrected chi connectivity index (χ4v) is 22.7. The Hall–Kier alpha value is -8.43. The zero-order valence-corrected chi connectivity index (χ0v) is 76.3. The Bertz CT molecular complexity index is 5060. The first-order valence-corrected chi connectivity index (χ1v) is 50.9. The molecule has 0 saturated carbocycles. The lowest BCUT2D eigenvalue weighted by molar-refractivity contribution is -0.124. The van der Waals surface area contributed by atoms with Crippen LogP contribution >= 0.6 is 62.8 Å². The number of anilines is 2. The van der Waals surface area contributed by atoms with Crippen molar-refractivity contribution in [3.8, 4) is 0 Å². The van der Waals surface area contributed by atoms with E-state index in [4.69, 9.17) is 71.2 Å². The molecular weight excluding hydrogens is 1740 g/mol. The van der Waals surface area contributed by atoms with E-state index in [1.54, 1.807) is 23.4 Å². The van der Waals surface area contributed by atoms with Crippen molar-refractivity contribution < 1.29 is 79.7 Å². The number of benzene rings is 7.